The van der Waals surface area contributed by atoms with Crippen LogP contribution in [0.25, 0.3) is 44.1 Å². The number of allylic oxidation sites excluding steroid dienone is 4. The van der Waals surface area contributed by atoms with Crippen LogP contribution in [0, 0.1) is 22.7 Å². The molecular formula is C32H24N6O2S. The van der Waals surface area contributed by atoms with E-state index in [1.54, 1.807) is 18.9 Å². The molecule has 0 aliphatic rings. The summed E-state index contributed by atoms with van der Waals surface area (Å²) in [6, 6.07) is 20.2. The Morgan fingerprint density at radius 2 is 1.41 bits per heavy atom. The van der Waals surface area contributed by atoms with Gasteiger partial charge < -0.3 is 19.4 Å². The zero-order chi connectivity index (χ0) is 28.5. The first-order valence-corrected chi connectivity index (χ1v) is 13.6. The summed E-state index contributed by atoms with van der Waals surface area (Å²) >= 11 is 1.52. The van der Waals surface area contributed by atoms with Gasteiger partial charge in [-0.05, 0) is 64.9 Å². The van der Waals surface area contributed by atoms with E-state index in [0.29, 0.717) is 50.6 Å². The topological polar surface area (TPSA) is 115 Å². The molecule has 6 rings (SSSR count). The maximum Gasteiger partial charge on any atom is 0.119 e. The average Bonchev–Trinajstić information content (AvgIpc) is 3.82. The molecule has 2 N–H and O–H groups in total. The highest BCUT2D eigenvalue weighted by molar-refractivity contribution is 7.08. The van der Waals surface area contributed by atoms with Crippen molar-refractivity contribution in [1.82, 2.24) is 19.7 Å². The summed E-state index contributed by atoms with van der Waals surface area (Å²) in [6.07, 6.45) is 5.48. The molecule has 0 atom stereocenters. The monoisotopic (exact) mass is 556 g/mol. The molecule has 6 aromatic rings. The minimum Gasteiger partial charge on any atom is -0.497 e. The van der Waals surface area contributed by atoms with Crippen molar-refractivity contribution in [3.63, 3.8) is 0 Å². The minimum absolute atomic E-state index is 0.384. The van der Waals surface area contributed by atoms with Crippen molar-refractivity contribution in [2.75, 3.05) is 14.2 Å². The van der Waals surface area contributed by atoms with E-state index in [0.717, 1.165) is 27.4 Å². The van der Waals surface area contributed by atoms with Crippen molar-refractivity contribution in [2.24, 2.45) is 7.05 Å². The molecule has 0 fully saturated rings. The first kappa shape index (κ1) is 25.8. The van der Waals surface area contributed by atoms with E-state index in [-0.39, 0.29) is 0 Å². The highest BCUT2D eigenvalue weighted by Crippen LogP contribution is 2.44. The van der Waals surface area contributed by atoms with Gasteiger partial charge in [0, 0.05) is 69.7 Å². The second-order valence-electron chi connectivity index (χ2n) is 9.34. The van der Waals surface area contributed by atoms with Crippen molar-refractivity contribution in [3.8, 4) is 23.6 Å². The summed E-state index contributed by atoms with van der Waals surface area (Å²) in [4.78, 5) is 6.57. The van der Waals surface area contributed by atoms with Crippen LogP contribution in [0.1, 0.15) is 22.4 Å². The lowest BCUT2D eigenvalue weighted by Gasteiger charge is -2.15. The van der Waals surface area contributed by atoms with Gasteiger partial charge in [0.05, 0.1) is 31.1 Å². The number of methoxy groups -OCH3 is 2. The molecule has 0 aliphatic carbocycles. The lowest BCUT2D eigenvalue weighted by Crippen LogP contribution is -2.00. The average molecular weight is 557 g/mol. The van der Waals surface area contributed by atoms with Gasteiger partial charge in [0.2, 0.25) is 0 Å². The quantitative estimate of drug-likeness (QED) is 0.162. The number of aromatic amines is 2. The van der Waals surface area contributed by atoms with Crippen LogP contribution in [0.4, 0.5) is 0 Å². The zero-order valence-corrected chi connectivity index (χ0v) is 23.3. The fourth-order valence-corrected chi connectivity index (χ4v) is 5.77. The van der Waals surface area contributed by atoms with Crippen molar-refractivity contribution < 1.29 is 9.47 Å². The van der Waals surface area contributed by atoms with Gasteiger partial charge in [0.1, 0.15) is 23.6 Å². The lowest BCUT2D eigenvalue weighted by molar-refractivity contribution is 0.415. The highest BCUT2D eigenvalue weighted by Gasteiger charge is 2.26. The Kier molecular flexibility index (Phi) is 6.64. The van der Waals surface area contributed by atoms with Gasteiger partial charge in [-0.1, -0.05) is 0 Å². The molecule has 0 spiro atoms. The number of nitrogens with one attached hydrogen (secondary N) is 2. The zero-order valence-electron chi connectivity index (χ0n) is 22.5. The number of aryl methyl sites for hydroxylation is 1. The van der Waals surface area contributed by atoms with E-state index in [9.17, 15) is 10.5 Å². The number of fused-ring (bicyclic) bond motifs is 2. The van der Waals surface area contributed by atoms with Gasteiger partial charge in [0.25, 0.3) is 0 Å². The van der Waals surface area contributed by atoms with E-state index >= 15 is 0 Å². The molecule has 0 saturated carbocycles. The van der Waals surface area contributed by atoms with Crippen LogP contribution in [0.2, 0.25) is 0 Å². The van der Waals surface area contributed by atoms with Crippen molar-refractivity contribution in [1.29, 1.82) is 10.5 Å². The summed E-state index contributed by atoms with van der Waals surface area (Å²) in [5, 5.41) is 31.9. The molecule has 0 unspecified atom stereocenters. The first-order valence-electron chi connectivity index (χ1n) is 12.7. The molecule has 0 amide bonds. The highest BCUT2D eigenvalue weighted by atomic mass is 32.1. The molecule has 0 bridgehead atoms. The van der Waals surface area contributed by atoms with Gasteiger partial charge in [-0.3, -0.25) is 4.68 Å². The van der Waals surface area contributed by atoms with Gasteiger partial charge in [-0.15, -0.1) is 0 Å². The Hall–Kier alpha value is -5.51. The molecular weight excluding hydrogens is 532 g/mol. The number of hydrogen-bond acceptors (Lipinski definition) is 6. The summed E-state index contributed by atoms with van der Waals surface area (Å²) in [5.41, 5.74) is 6.48. The van der Waals surface area contributed by atoms with Gasteiger partial charge in [-0.2, -0.15) is 27.0 Å². The number of benzene rings is 2. The maximum atomic E-state index is 10.8. The van der Waals surface area contributed by atoms with Gasteiger partial charge in [-0.25, -0.2) is 0 Å². The molecule has 200 valence electrons. The van der Waals surface area contributed by atoms with E-state index in [1.165, 1.54) is 11.3 Å². The van der Waals surface area contributed by atoms with E-state index in [2.05, 4.69) is 22.1 Å². The Labute approximate surface area is 240 Å². The summed E-state index contributed by atoms with van der Waals surface area (Å²) in [5.74, 6) is 1.35. The number of nitrogens with zero attached hydrogens (tertiary/aromatic N) is 4. The number of thiophene rings is 1. The van der Waals surface area contributed by atoms with Crippen LogP contribution in [0.15, 0.2) is 77.9 Å². The molecule has 0 saturated heterocycles. The summed E-state index contributed by atoms with van der Waals surface area (Å²) < 4.78 is 12.7. The van der Waals surface area contributed by atoms with Crippen LogP contribution in [0.3, 0.4) is 0 Å². The largest absolute Gasteiger partial charge is 0.497 e. The normalized spacial score (nSPS) is 12.5. The predicted molar refractivity (Wildman–Crippen MR) is 162 cm³/mol. The molecule has 4 aromatic heterocycles. The van der Waals surface area contributed by atoms with Gasteiger partial charge in [0.15, 0.2) is 0 Å². The number of ether oxygens (including phenoxy) is 2. The fourth-order valence-electron chi connectivity index (χ4n) is 5.12. The van der Waals surface area contributed by atoms with E-state index in [4.69, 9.17) is 14.6 Å². The molecule has 4 heterocycles. The second kappa shape index (κ2) is 10.6. The third-order valence-corrected chi connectivity index (χ3v) is 7.75. The van der Waals surface area contributed by atoms with Crippen molar-refractivity contribution in [3.05, 3.63) is 100 Å². The maximum absolute atomic E-state index is 10.8. The van der Waals surface area contributed by atoms with Crippen LogP contribution in [-0.4, -0.2) is 34.0 Å². The number of H-pyrrole nitrogens is 2. The number of aromatic nitrogens is 4. The standard InChI is InChI=1S/C32H24N6O2S/c1-38-10-8-30(37-38)32(25(15-34)27-17-36-29-7-5-21(40-3)13-23(27)29)31(19-9-11-41-18-19)24(14-33)26-16-35-28-6-4-20(39-2)12-22(26)28/h4-13,16-18,35-36H,1-3H3/b31-24-,32-25-. The van der Waals surface area contributed by atoms with Crippen LogP contribution in [0.5, 0.6) is 11.5 Å². The molecule has 41 heavy (non-hydrogen) atoms. The number of rotatable bonds is 7. The molecule has 8 nitrogen and oxygen atoms in total. The van der Waals surface area contributed by atoms with Crippen LogP contribution < -0.4 is 9.47 Å². The van der Waals surface area contributed by atoms with Crippen LogP contribution in [-0.2, 0) is 7.05 Å². The molecule has 9 heteroatoms. The SMILES string of the molecule is COc1ccc2[nH]cc(/C(C#N)=C(\C(=C(\C#N)c3c[nH]c4ccc(OC)cc34)c3ccn(C)n3)c3ccsc3)c2c1. The van der Waals surface area contributed by atoms with Crippen molar-refractivity contribution in [2.45, 2.75) is 0 Å². The van der Waals surface area contributed by atoms with E-state index < -0.39 is 0 Å². The van der Waals surface area contributed by atoms with Gasteiger partial charge >= 0.3 is 0 Å². The Balaban J connectivity index is 1.76. The predicted octanol–water partition coefficient (Wildman–Crippen LogP) is 7.03. The molecule has 0 aliphatic heterocycles. The summed E-state index contributed by atoms with van der Waals surface area (Å²) in [6.45, 7) is 0. The lowest BCUT2D eigenvalue weighted by atomic mass is 9.85. The second-order valence-corrected chi connectivity index (χ2v) is 10.1. The third-order valence-electron chi connectivity index (χ3n) is 7.07. The fraction of sp³-hybridized carbons (Fsp3) is 0.0938. The van der Waals surface area contributed by atoms with Crippen molar-refractivity contribution >= 4 is 55.4 Å². The Morgan fingerprint density at radius 3 is 1.88 bits per heavy atom. The van der Waals surface area contributed by atoms with E-state index in [1.807, 2.05) is 84.9 Å². The smallest absolute Gasteiger partial charge is 0.119 e. The van der Waals surface area contributed by atoms with Crippen LogP contribution >= 0.6 is 11.3 Å². The molecule has 0 radical (unpaired) electrons. The number of nitriles is 2. The summed E-state index contributed by atoms with van der Waals surface area (Å²) in [7, 11) is 5.05. The minimum atomic E-state index is 0.384. The first-order chi connectivity index (χ1) is 20.1. The Bertz CT molecular complexity index is 2060. The third kappa shape index (κ3) is 4.45. The Morgan fingerprint density at radius 1 is 0.829 bits per heavy atom. The number of hydrogen-bond donors (Lipinski definition) is 2. The molecule has 2 aromatic carbocycles.